The molecule has 1 N–H and O–H groups in total. The highest BCUT2D eigenvalue weighted by Gasteiger charge is 2.27. The van der Waals surface area contributed by atoms with Crippen molar-refractivity contribution in [2.24, 2.45) is 0 Å². The summed E-state index contributed by atoms with van der Waals surface area (Å²) >= 11 is 1.81. The van der Waals surface area contributed by atoms with Crippen LogP contribution in [0.15, 0.2) is 54.9 Å². The smallest absolute Gasteiger partial charge is 0.273 e. The van der Waals surface area contributed by atoms with E-state index in [1.807, 2.05) is 36.0 Å². The van der Waals surface area contributed by atoms with Gasteiger partial charge in [0.2, 0.25) is 0 Å². The first-order chi connectivity index (χ1) is 18.5. The molecule has 2 aliphatic heterocycles. The lowest BCUT2D eigenvalue weighted by Crippen LogP contribution is -2.47. The van der Waals surface area contributed by atoms with Gasteiger partial charge in [0, 0.05) is 54.0 Å². The maximum absolute atomic E-state index is 14.7. The molecular weight excluding hydrogens is 515 g/mol. The van der Waals surface area contributed by atoms with Gasteiger partial charge in [0.1, 0.15) is 18.2 Å². The largest absolute Gasteiger partial charge is 0.489 e. The first-order valence-electron chi connectivity index (χ1n) is 12.1. The van der Waals surface area contributed by atoms with Crippen molar-refractivity contribution in [2.45, 2.75) is 0 Å². The fraction of sp³-hybridized carbons (Fsp3) is 0.222. The molecule has 4 aromatic rings. The zero-order valence-corrected chi connectivity index (χ0v) is 20.9. The van der Waals surface area contributed by atoms with Gasteiger partial charge in [-0.3, -0.25) is 25.2 Å². The van der Waals surface area contributed by atoms with Crippen molar-refractivity contribution >= 4 is 39.9 Å². The number of hydrogen-bond acceptors (Lipinski definition) is 7. The summed E-state index contributed by atoms with van der Waals surface area (Å²) in [6, 6.07) is 10.5. The number of ether oxygens (including phenoxy) is 1. The van der Waals surface area contributed by atoms with Crippen LogP contribution in [0.1, 0.15) is 10.4 Å². The van der Waals surface area contributed by atoms with Gasteiger partial charge in [-0.25, -0.2) is 13.2 Å². The third-order valence-electron chi connectivity index (χ3n) is 6.54. The van der Waals surface area contributed by atoms with Crippen LogP contribution in [0.3, 0.4) is 0 Å². The Kier molecular flexibility index (Phi) is 6.44. The minimum absolute atomic E-state index is 0.0000919. The molecule has 0 aliphatic carbocycles. The Balaban J connectivity index is 1.47. The molecule has 6 rings (SSSR count). The fourth-order valence-electron chi connectivity index (χ4n) is 4.80. The number of nitrogens with one attached hydrogen (secondary N) is 1. The highest BCUT2D eigenvalue weighted by molar-refractivity contribution is 7.99. The van der Waals surface area contributed by atoms with Crippen LogP contribution >= 0.6 is 11.8 Å². The molecule has 7 nitrogen and oxygen atoms in total. The van der Waals surface area contributed by atoms with E-state index in [0.29, 0.717) is 54.7 Å². The van der Waals surface area contributed by atoms with Crippen LogP contribution in [-0.2, 0) is 0 Å². The van der Waals surface area contributed by atoms with E-state index < -0.39 is 17.5 Å². The predicted molar refractivity (Wildman–Crippen MR) is 141 cm³/mol. The maximum atomic E-state index is 14.7. The lowest BCUT2D eigenvalue weighted by Gasteiger charge is -2.33. The minimum Gasteiger partial charge on any atom is -0.489 e. The number of carbonyl (C=O) groups excluding carboxylic acids is 1. The number of fused-ring (bicyclic) bond motifs is 2. The SMILES string of the molecule is O=C(NN1CCOc2ccccc21)c1cnc2c(-c3cc(F)cc(F)c3F)nccc2c1N1CCSCC1. The molecule has 194 valence electrons. The molecule has 1 saturated heterocycles. The molecule has 0 unspecified atom stereocenters. The van der Waals surface area contributed by atoms with E-state index in [4.69, 9.17) is 4.74 Å². The third kappa shape index (κ3) is 4.36. The van der Waals surface area contributed by atoms with Crippen LogP contribution in [-0.4, -0.2) is 53.6 Å². The number of benzene rings is 2. The molecule has 4 heterocycles. The zero-order valence-electron chi connectivity index (χ0n) is 20.1. The first-order valence-corrected chi connectivity index (χ1v) is 13.2. The van der Waals surface area contributed by atoms with Crippen molar-refractivity contribution in [1.29, 1.82) is 0 Å². The Morgan fingerprint density at radius 2 is 1.84 bits per heavy atom. The molecule has 1 fully saturated rings. The molecule has 0 spiro atoms. The van der Waals surface area contributed by atoms with Gasteiger partial charge in [-0.15, -0.1) is 0 Å². The van der Waals surface area contributed by atoms with E-state index in [9.17, 15) is 18.0 Å². The minimum atomic E-state index is -1.31. The van der Waals surface area contributed by atoms with E-state index in [1.54, 1.807) is 11.1 Å². The van der Waals surface area contributed by atoms with Gasteiger partial charge in [0.05, 0.1) is 34.7 Å². The lowest BCUT2D eigenvalue weighted by molar-refractivity contribution is 0.0945. The standard InChI is InChI=1S/C27H22F3N5O2S/c28-16-13-18(23(30)20(29)14-16)25-24-17(5-6-31-25)26(34-8-11-38-12-9-34)19(15-32-24)27(36)33-35-7-10-37-22-4-2-1-3-21(22)35/h1-6,13-15H,7-12H2,(H,33,36). The molecule has 0 radical (unpaired) electrons. The fourth-order valence-corrected chi connectivity index (χ4v) is 5.70. The third-order valence-corrected chi connectivity index (χ3v) is 7.48. The number of nitrogens with zero attached hydrogens (tertiary/aromatic N) is 4. The van der Waals surface area contributed by atoms with Gasteiger partial charge in [0.15, 0.2) is 11.6 Å². The summed E-state index contributed by atoms with van der Waals surface area (Å²) in [7, 11) is 0. The number of rotatable bonds is 4. The molecule has 2 aromatic heterocycles. The van der Waals surface area contributed by atoms with E-state index >= 15 is 0 Å². The highest BCUT2D eigenvalue weighted by Crippen LogP contribution is 2.37. The Morgan fingerprint density at radius 3 is 2.68 bits per heavy atom. The van der Waals surface area contributed by atoms with Gasteiger partial charge >= 0.3 is 0 Å². The summed E-state index contributed by atoms with van der Waals surface area (Å²) in [5.41, 5.74) is 4.58. The zero-order chi connectivity index (χ0) is 26.2. The molecule has 0 bridgehead atoms. The van der Waals surface area contributed by atoms with E-state index in [1.165, 1.54) is 12.4 Å². The van der Waals surface area contributed by atoms with E-state index in [-0.39, 0.29) is 22.7 Å². The lowest BCUT2D eigenvalue weighted by atomic mass is 10.0. The van der Waals surface area contributed by atoms with Crippen molar-refractivity contribution in [3.05, 3.63) is 77.9 Å². The predicted octanol–water partition coefficient (Wildman–Crippen LogP) is 4.81. The summed E-state index contributed by atoms with van der Waals surface area (Å²) < 4.78 is 48.5. The Hall–Kier alpha value is -3.99. The molecule has 38 heavy (non-hydrogen) atoms. The number of para-hydroxylation sites is 2. The second-order valence-electron chi connectivity index (χ2n) is 8.83. The summed E-state index contributed by atoms with van der Waals surface area (Å²) in [6.07, 6.45) is 2.85. The van der Waals surface area contributed by atoms with Gasteiger partial charge in [-0.2, -0.15) is 11.8 Å². The molecule has 0 atom stereocenters. The molecule has 1 amide bonds. The van der Waals surface area contributed by atoms with Gasteiger partial charge in [0.25, 0.3) is 5.91 Å². The molecule has 2 aliphatic rings. The van der Waals surface area contributed by atoms with Crippen LogP contribution in [0.25, 0.3) is 22.2 Å². The second kappa shape index (κ2) is 10.1. The van der Waals surface area contributed by atoms with E-state index in [2.05, 4.69) is 20.3 Å². The summed E-state index contributed by atoms with van der Waals surface area (Å²) in [4.78, 5) is 24.5. The van der Waals surface area contributed by atoms with Crippen LogP contribution in [0.4, 0.5) is 24.5 Å². The van der Waals surface area contributed by atoms with Crippen LogP contribution in [0, 0.1) is 17.5 Å². The number of amides is 1. The number of hydrogen-bond donors (Lipinski definition) is 1. The van der Waals surface area contributed by atoms with Crippen molar-refractivity contribution < 1.29 is 22.7 Å². The van der Waals surface area contributed by atoms with Crippen molar-refractivity contribution in [1.82, 2.24) is 15.4 Å². The van der Waals surface area contributed by atoms with Crippen molar-refractivity contribution in [3.63, 3.8) is 0 Å². The molecule has 0 saturated carbocycles. The van der Waals surface area contributed by atoms with Gasteiger partial charge in [-0.05, 0) is 24.3 Å². The molecular formula is C27H22F3N5O2S. The van der Waals surface area contributed by atoms with Crippen LogP contribution in [0.5, 0.6) is 5.75 Å². The number of hydrazine groups is 1. The topological polar surface area (TPSA) is 70.6 Å². The number of aromatic nitrogens is 2. The average molecular weight is 538 g/mol. The molecule has 2 aromatic carbocycles. The highest BCUT2D eigenvalue weighted by atomic mass is 32.2. The summed E-state index contributed by atoms with van der Waals surface area (Å²) in [6.45, 7) is 2.24. The Labute approximate surface area is 220 Å². The van der Waals surface area contributed by atoms with Crippen molar-refractivity contribution in [2.75, 3.05) is 47.7 Å². The average Bonchev–Trinajstić information content (AvgIpc) is 2.94. The Morgan fingerprint density at radius 1 is 1.03 bits per heavy atom. The van der Waals surface area contributed by atoms with E-state index in [0.717, 1.165) is 23.3 Å². The van der Waals surface area contributed by atoms with Crippen molar-refractivity contribution in [3.8, 4) is 17.0 Å². The monoisotopic (exact) mass is 537 g/mol. The van der Waals surface area contributed by atoms with Gasteiger partial charge < -0.3 is 9.64 Å². The maximum Gasteiger partial charge on any atom is 0.273 e. The number of halogens is 3. The number of anilines is 2. The number of pyridine rings is 2. The normalized spacial score (nSPS) is 15.2. The summed E-state index contributed by atoms with van der Waals surface area (Å²) in [5, 5.41) is 2.28. The number of thioether (sulfide) groups is 1. The number of carbonyl (C=O) groups is 1. The Bertz CT molecular complexity index is 1550. The quantitative estimate of drug-likeness (QED) is 0.375. The second-order valence-corrected chi connectivity index (χ2v) is 10.1. The first kappa shape index (κ1) is 24.4. The summed E-state index contributed by atoms with van der Waals surface area (Å²) in [5.74, 6) is -1.42. The van der Waals surface area contributed by atoms with Crippen LogP contribution in [0.2, 0.25) is 0 Å². The molecule has 11 heteroatoms. The van der Waals surface area contributed by atoms with Crippen LogP contribution < -0.4 is 20.1 Å². The van der Waals surface area contributed by atoms with Gasteiger partial charge in [-0.1, -0.05) is 12.1 Å².